The molecule has 0 atom stereocenters. The molecule has 1 heterocycles. The second-order valence-corrected chi connectivity index (χ2v) is 5.98. The predicted molar refractivity (Wildman–Crippen MR) is 107 cm³/mol. The molecule has 0 unspecified atom stereocenters. The average Bonchev–Trinajstić information content (AvgIpc) is 2.77. The summed E-state index contributed by atoms with van der Waals surface area (Å²) in [5, 5.41) is 0. The number of hydrogen-bond donors (Lipinski definition) is 0. The monoisotopic (exact) mass is 378 g/mol. The van der Waals surface area contributed by atoms with Crippen LogP contribution in [0.2, 0.25) is 0 Å². The Hall–Kier alpha value is -3.54. The molecular weight excluding hydrogens is 356 g/mol. The van der Waals surface area contributed by atoms with E-state index in [4.69, 9.17) is 14.2 Å². The van der Waals surface area contributed by atoms with Crippen molar-refractivity contribution in [2.24, 2.45) is 0 Å². The fourth-order valence-corrected chi connectivity index (χ4v) is 2.72. The third kappa shape index (κ3) is 4.79. The van der Waals surface area contributed by atoms with Crippen LogP contribution in [0.5, 0.6) is 17.2 Å². The first-order chi connectivity index (χ1) is 13.7. The highest BCUT2D eigenvalue weighted by Gasteiger charge is 2.18. The van der Waals surface area contributed by atoms with Crippen LogP contribution in [0, 0.1) is 0 Å². The summed E-state index contributed by atoms with van der Waals surface area (Å²) in [6, 6.07) is 18.3. The minimum atomic E-state index is -0.181. The van der Waals surface area contributed by atoms with Crippen LogP contribution in [-0.4, -0.2) is 31.7 Å². The van der Waals surface area contributed by atoms with Crippen molar-refractivity contribution in [1.29, 1.82) is 0 Å². The smallest absolute Gasteiger partial charge is 0.265 e. The highest BCUT2D eigenvalue weighted by molar-refractivity contribution is 5.94. The summed E-state index contributed by atoms with van der Waals surface area (Å²) in [4.78, 5) is 18.8. The lowest BCUT2D eigenvalue weighted by molar-refractivity contribution is -0.120. The summed E-state index contributed by atoms with van der Waals surface area (Å²) in [7, 11) is 3.17. The molecule has 3 aromatic rings. The molecule has 2 aromatic carbocycles. The van der Waals surface area contributed by atoms with Crippen LogP contribution in [0.1, 0.15) is 5.56 Å². The van der Waals surface area contributed by atoms with Gasteiger partial charge in [-0.3, -0.25) is 9.78 Å². The van der Waals surface area contributed by atoms with E-state index in [-0.39, 0.29) is 12.5 Å². The van der Waals surface area contributed by atoms with E-state index in [0.29, 0.717) is 18.0 Å². The van der Waals surface area contributed by atoms with E-state index in [0.717, 1.165) is 17.0 Å². The van der Waals surface area contributed by atoms with Crippen LogP contribution in [-0.2, 0) is 11.3 Å². The molecule has 0 N–H and O–H groups in total. The highest BCUT2D eigenvalue weighted by Crippen LogP contribution is 2.26. The Morgan fingerprint density at radius 2 is 1.68 bits per heavy atom. The molecule has 0 saturated carbocycles. The number of aromatic nitrogens is 1. The Balaban J connectivity index is 1.79. The lowest BCUT2D eigenvalue weighted by Gasteiger charge is -2.23. The van der Waals surface area contributed by atoms with Crippen LogP contribution in [0.15, 0.2) is 73.1 Å². The van der Waals surface area contributed by atoms with E-state index in [1.807, 2.05) is 48.5 Å². The van der Waals surface area contributed by atoms with E-state index in [9.17, 15) is 4.79 Å². The first-order valence-corrected chi connectivity index (χ1v) is 8.80. The molecule has 6 heteroatoms. The zero-order valence-electron chi connectivity index (χ0n) is 15.9. The van der Waals surface area contributed by atoms with Crippen LogP contribution >= 0.6 is 0 Å². The molecule has 3 rings (SSSR count). The van der Waals surface area contributed by atoms with Gasteiger partial charge in [0.1, 0.15) is 5.75 Å². The summed E-state index contributed by atoms with van der Waals surface area (Å²) in [5.41, 5.74) is 1.67. The molecule has 0 radical (unpaired) electrons. The molecule has 6 nitrogen and oxygen atoms in total. The fourth-order valence-electron chi connectivity index (χ4n) is 2.72. The number of anilines is 1. The summed E-state index contributed by atoms with van der Waals surface area (Å²) >= 11 is 0. The minimum Gasteiger partial charge on any atom is -0.497 e. The van der Waals surface area contributed by atoms with E-state index >= 15 is 0 Å². The number of methoxy groups -OCH3 is 2. The zero-order chi connectivity index (χ0) is 19.8. The predicted octanol–water partition coefficient (Wildman–Crippen LogP) is 3.71. The largest absolute Gasteiger partial charge is 0.497 e. The van der Waals surface area contributed by atoms with Gasteiger partial charge in [-0.25, -0.2) is 0 Å². The number of nitrogens with zero attached hydrogens (tertiary/aromatic N) is 2. The van der Waals surface area contributed by atoms with Crippen molar-refractivity contribution >= 4 is 11.6 Å². The second-order valence-electron chi connectivity index (χ2n) is 5.98. The molecule has 0 saturated heterocycles. The number of carbonyl (C=O) groups excluding carboxylic acids is 1. The number of rotatable bonds is 8. The van der Waals surface area contributed by atoms with Crippen LogP contribution < -0.4 is 19.1 Å². The van der Waals surface area contributed by atoms with Gasteiger partial charge in [-0.1, -0.05) is 18.2 Å². The Morgan fingerprint density at radius 1 is 0.929 bits per heavy atom. The summed E-state index contributed by atoms with van der Waals surface area (Å²) in [6.07, 6.45) is 3.44. The van der Waals surface area contributed by atoms with Crippen LogP contribution in [0.25, 0.3) is 0 Å². The van der Waals surface area contributed by atoms with Crippen molar-refractivity contribution in [2.45, 2.75) is 6.54 Å². The topological polar surface area (TPSA) is 60.9 Å². The maximum atomic E-state index is 13.0. The van der Waals surface area contributed by atoms with Gasteiger partial charge in [-0.05, 0) is 48.0 Å². The van der Waals surface area contributed by atoms with Gasteiger partial charge in [0.25, 0.3) is 5.91 Å². The Morgan fingerprint density at radius 3 is 2.32 bits per heavy atom. The lowest BCUT2D eigenvalue weighted by atomic mass is 10.2. The van der Waals surface area contributed by atoms with Crippen molar-refractivity contribution < 1.29 is 19.0 Å². The van der Waals surface area contributed by atoms with Gasteiger partial charge in [0.2, 0.25) is 0 Å². The second kappa shape index (κ2) is 9.41. The maximum absolute atomic E-state index is 13.0. The van der Waals surface area contributed by atoms with Gasteiger partial charge in [0, 0.05) is 18.1 Å². The number of amides is 1. The van der Waals surface area contributed by atoms with Gasteiger partial charge >= 0.3 is 0 Å². The number of carbonyl (C=O) groups is 1. The number of hydrogen-bond acceptors (Lipinski definition) is 5. The summed E-state index contributed by atoms with van der Waals surface area (Å²) in [5.74, 6) is 1.65. The number of pyridine rings is 1. The SMILES string of the molecule is COc1ccc(N(Cc2cccnc2)C(=O)COc2ccccc2OC)cc1. The van der Waals surface area contributed by atoms with Gasteiger partial charge in [0.15, 0.2) is 18.1 Å². The Bertz CT molecular complexity index is 898. The fraction of sp³-hybridized carbons (Fsp3) is 0.182. The van der Waals surface area contributed by atoms with Crippen LogP contribution in [0.3, 0.4) is 0 Å². The van der Waals surface area contributed by atoms with Crippen LogP contribution in [0.4, 0.5) is 5.69 Å². The Labute approximate surface area is 164 Å². The average molecular weight is 378 g/mol. The molecule has 1 aromatic heterocycles. The van der Waals surface area contributed by atoms with Crippen molar-refractivity contribution in [3.05, 3.63) is 78.6 Å². The molecule has 0 fully saturated rings. The molecular formula is C22H22N2O4. The first-order valence-electron chi connectivity index (χ1n) is 8.80. The molecule has 1 amide bonds. The number of benzene rings is 2. The third-order valence-corrected chi connectivity index (χ3v) is 4.17. The van der Waals surface area contributed by atoms with Gasteiger partial charge in [-0.2, -0.15) is 0 Å². The summed E-state index contributed by atoms with van der Waals surface area (Å²) in [6.45, 7) is 0.265. The van der Waals surface area contributed by atoms with E-state index < -0.39 is 0 Å². The molecule has 0 bridgehead atoms. The molecule has 0 aliphatic heterocycles. The number of ether oxygens (including phenoxy) is 3. The standard InChI is InChI=1S/C22H22N2O4/c1-26-19-11-9-18(10-12-19)24(15-17-6-5-13-23-14-17)22(25)16-28-21-8-4-3-7-20(21)27-2/h3-14H,15-16H2,1-2H3. The molecule has 0 spiro atoms. The zero-order valence-corrected chi connectivity index (χ0v) is 15.9. The minimum absolute atomic E-state index is 0.118. The molecule has 144 valence electrons. The first kappa shape index (κ1) is 19.2. The van der Waals surface area contributed by atoms with Gasteiger partial charge in [-0.15, -0.1) is 0 Å². The number of para-hydroxylation sites is 2. The lowest BCUT2D eigenvalue weighted by Crippen LogP contribution is -2.34. The van der Waals surface area contributed by atoms with E-state index in [1.54, 1.807) is 43.6 Å². The highest BCUT2D eigenvalue weighted by atomic mass is 16.5. The molecule has 0 aliphatic carbocycles. The summed E-state index contributed by atoms with van der Waals surface area (Å²) < 4.78 is 16.2. The van der Waals surface area contributed by atoms with Crippen molar-refractivity contribution in [3.63, 3.8) is 0 Å². The normalized spacial score (nSPS) is 10.2. The third-order valence-electron chi connectivity index (χ3n) is 4.17. The van der Waals surface area contributed by atoms with Crippen molar-refractivity contribution in [2.75, 3.05) is 25.7 Å². The Kier molecular flexibility index (Phi) is 6.46. The van der Waals surface area contributed by atoms with Gasteiger partial charge in [0.05, 0.1) is 20.8 Å². The van der Waals surface area contributed by atoms with E-state index in [1.165, 1.54) is 0 Å². The molecule has 0 aliphatic rings. The van der Waals surface area contributed by atoms with Crippen molar-refractivity contribution in [3.8, 4) is 17.2 Å². The van der Waals surface area contributed by atoms with Crippen molar-refractivity contribution in [1.82, 2.24) is 4.98 Å². The van der Waals surface area contributed by atoms with Gasteiger partial charge < -0.3 is 19.1 Å². The van der Waals surface area contributed by atoms with E-state index in [2.05, 4.69) is 4.98 Å². The quantitative estimate of drug-likeness (QED) is 0.598. The maximum Gasteiger partial charge on any atom is 0.265 e. The molecule has 28 heavy (non-hydrogen) atoms.